The zero-order chi connectivity index (χ0) is 18.1. The monoisotopic (exact) mass is 421 g/mol. The molecule has 2 amide bonds. The van der Waals surface area contributed by atoms with E-state index in [0.29, 0.717) is 11.4 Å². The van der Waals surface area contributed by atoms with Gasteiger partial charge < -0.3 is 5.32 Å². The molecule has 0 aliphatic carbocycles. The third-order valence-electron chi connectivity index (χ3n) is 3.19. The van der Waals surface area contributed by atoms with Gasteiger partial charge >= 0.3 is 0 Å². The van der Waals surface area contributed by atoms with Crippen LogP contribution in [0.15, 0.2) is 58.1 Å². The first kappa shape index (κ1) is 19.1. The van der Waals surface area contributed by atoms with E-state index in [-0.39, 0.29) is 24.7 Å². The number of carbonyl (C=O) groups is 2. The van der Waals surface area contributed by atoms with Gasteiger partial charge in [0.15, 0.2) is 0 Å². The SMILES string of the molecule is O=C(CCCC(=O)Nc1ccc(Br)cc1)N/N=C/c1cccc(Cl)c1. The second-order valence-electron chi connectivity index (χ2n) is 5.26. The van der Waals surface area contributed by atoms with E-state index < -0.39 is 0 Å². The van der Waals surface area contributed by atoms with Gasteiger partial charge in [-0.3, -0.25) is 9.59 Å². The molecule has 0 bridgehead atoms. The quantitative estimate of drug-likeness (QED) is 0.514. The maximum atomic E-state index is 11.8. The first-order chi connectivity index (χ1) is 12.0. The fourth-order valence-corrected chi connectivity index (χ4v) is 2.45. The van der Waals surface area contributed by atoms with E-state index in [2.05, 4.69) is 31.8 Å². The van der Waals surface area contributed by atoms with Gasteiger partial charge in [0.2, 0.25) is 11.8 Å². The van der Waals surface area contributed by atoms with Gasteiger partial charge in [-0.15, -0.1) is 0 Å². The number of rotatable bonds is 7. The van der Waals surface area contributed by atoms with Crippen LogP contribution in [0.1, 0.15) is 24.8 Å². The molecule has 0 saturated heterocycles. The molecule has 2 N–H and O–H groups in total. The molecule has 0 heterocycles. The van der Waals surface area contributed by atoms with Crippen molar-refractivity contribution in [3.8, 4) is 0 Å². The average Bonchev–Trinajstić information content (AvgIpc) is 2.57. The molecular weight excluding hydrogens is 406 g/mol. The normalized spacial score (nSPS) is 10.6. The number of hydrogen-bond acceptors (Lipinski definition) is 3. The third kappa shape index (κ3) is 7.49. The summed E-state index contributed by atoms with van der Waals surface area (Å²) in [6.45, 7) is 0. The van der Waals surface area contributed by atoms with Crippen LogP contribution in [0, 0.1) is 0 Å². The fourth-order valence-electron chi connectivity index (χ4n) is 1.99. The number of benzene rings is 2. The smallest absolute Gasteiger partial charge is 0.240 e. The number of nitrogens with zero attached hydrogens (tertiary/aromatic N) is 1. The minimum Gasteiger partial charge on any atom is -0.326 e. The lowest BCUT2D eigenvalue weighted by Crippen LogP contribution is -2.18. The summed E-state index contributed by atoms with van der Waals surface area (Å²) >= 11 is 9.19. The average molecular weight is 423 g/mol. The largest absolute Gasteiger partial charge is 0.326 e. The van der Waals surface area contributed by atoms with Gasteiger partial charge in [0.05, 0.1) is 6.21 Å². The van der Waals surface area contributed by atoms with Gasteiger partial charge in [-0.05, 0) is 48.4 Å². The molecule has 0 atom stereocenters. The molecule has 0 aliphatic heterocycles. The molecule has 0 unspecified atom stereocenters. The number of nitrogens with one attached hydrogen (secondary N) is 2. The number of halogens is 2. The molecule has 2 aromatic rings. The highest BCUT2D eigenvalue weighted by atomic mass is 79.9. The molecule has 0 aliphatic rings. The summed E-state index contributed by atoms with van der Waals surface area (Å²) in [4.78, 5) is 23.5. The van der Waals surface area contributed by atoms with E-state index in [1.54, 1.807) is 30.3 Å². The second-order valence-corrected chi connectivity index (χ2v) is 6.61. The van der Waals surface area contributed by atoms with Gasteiger partial charge in [0.25, 0.3) is 0 Å². The number of carbonyl (C=O) groups excluding carboxylic acids is 2. The number of amides is 2. The topological polar surface area (TPSA) is 70.6 Å². The summed E-state index contributed by atoms with van der Waals surface area (Å²) in [5.74, 6) is -0.368. The molecule has 0 aromatic heterocycles. The van der Waals surface area contributed by atoms with Crippen molar-refractivity contribution in [1.82, 2.24) is 5.43 Å². The summed E-state index contributed by atoms with van der Waals surface area (Å²) in [5, 5.41) is 7.25. The van der Waals surface area contributed by atoms with Crippen LogP contribution < -0.4 is 10.7 Å². The lowest BCUT2D eigenvalue weighted by Gasteiger charge is -2.05. The Hall–Kier alpha value is -2.18. The lowest BCUT2D eigenvalue weighted by molar-refractivity contribution is -0.121. The molecule has 0 spiro atoms. The first-order valence-electron chi connectivity index (χ1n) is 7.66. The van der Waals surface area contributed by atoms with E-state index in [1.165, 1.54) is 6.21 Å². The Kier molecular flexibility index (Phi) is 7.63. The van der Waals surface area contributed by atoms with Crippen LogP contribution in [-0.2, 0) is 9.59 Å². The van der Waals surface area contributed by atoms with Crippen LogP contribution in [-0.4, -0.2) is 18.0 Å². The van der Waals surface area contributed by atoms with Crippen molar-refractivity contribution in [1.29, 1.82) is 0 Å². The van der Waals surface area contributed by atoms with Crippen molar-refractivity contribution >= 4 is 51.2 Å². The van der Waals surface area contributed by atoms with Gasteiger partial charge in [-0.25, -0.2) is 5.43 Å². The number of hydrazone groups is 1. The lowest BCUT2D eigenvalue weighted by atomic mass is 10.2. The van der Waals surface area contributed by atoms with Crippen molar-refractivity contribution in [2.75, 3.05) is 5.32 Å². The maximum absolute atomic E-state index is 11.8. The third-order valence-corrected chi connectivity index (χ3v) is 3.95. The molecule has 2 aromatic carbocycles. The van der Waals surface area contributed by atoms with Gasteiger partial charge in [0.1, 0.15) is 0 Å². The zero-order valence-electron chi connectivity index (χ0n) is 13.3. The van der Waals surface area contributed by atoms with E-state index in [4.69, 9.17) is 11.6 Å². The van der Waals surface area contributed by atoms with Crippen LogP contribution in [0.3, 0.4) is 0 Å². The van der Waals surface area contributed by atoms with E-state index in [9.17, 15) is 9.59 Å². The Morgan fingerprint density at radius 2 is 1.80 bits per heavy atom. The first-order valence-corrected chi connectivity index (χ1v) is 8.83. The minimum absolute atomic E-state index is 0.127. The van der Waals surface area contributed by atoms with Crippen molar-refractivity contribution < 1.29 is 9.59 Å². The zero-order valence-corrected chi connectivity index (χ0v) is 15.7. The standard InChI is InChI=1S/C18H17BrClN3O2/c19-14-7-9-16(10-8-14)22-17(24)5-2-6-18(25)23-21-12-13-3-1-4-15(20)11-13/h1,3-4,7-12H,2,5-6H2,(H,22,24)(H,23,25)/b21-12+. The molecule has 0 radical (unpaired) electrons. The Labute approximate surface area is 159 Å². The Morgan fingerprint density at radius 3 is 2.52 bits per heavy atom. The highest BCUT2D eigenvalue weighted by molar-refractivity contribution is 9.10. The van der Waals surface area contributed by atoms with E-state index >= 15 is 0 Å². The Bertz CT molecular complexity index is 763. The van der Waals surface area contributed by atoms with Crippen molar-refractivity contribution in [2.45, 2.75) is 19.3 Å². The molecule has 0 fully saturated rings. The fraction of sp³-hybridized carbons (Fsp3) is 0.167. The van der Waals surface area contributed by atoms with Crippen LogP contribution in [0.5, 0.6) is 0 Å². The summed E-state index contributed by atoms with van der Waals surface area (Å²) in [6.07, 6.45) is 2.45. The van der Waals surface area contributed by atoms with Gasteiger partial charge in [-0.2, -0.15) is 5.10 Å². The van der Waals surface area contributed by atoms with Crippen LogP contribution >= 0.6 is 27.5 Å². The van der Waals surface area contributed by atoms with Crippen LogP contribution in [0.4, 0.5) is 5.69 Å². The maximum Gasteiger partial charge on any atom is 0.240 e. The molecule has 2 rings (SSSR count). The highest BCUT2D eigenvalue weighted by Gasteiger charge is 2.05. The summed E-state index contributed by atoms with van der Waals surface area (Å²) in [6, 6.07) is 14.4. The van der Waals surface area contributed by atoms with E-state index in [1.807, 2.05) is 18.2 Å². The van der Waals surface area contributed by atoms with Crippen molar-refractivity contribution in [2.24, 2.45) is 5.10 Å². The van der Waals surface area contributed by atoms with E-state index in [0.717, 1.165) is 15.7 Å². The van der Waals surface area contributed by atoms with Crippen molar-refractivity contribution in [3.05, 3.63) is 63.6 Å². The predicted molar refractivity (Wildman–Crippen MR) is 104 cm³/mol. The predicted octanol–water partition coefficient (Wildman–Crippen LogP) is 4.36. The molecular formula is C18H17BrClN3O2. The van der Waals surface area contributed by atoms with Gasteiger partial charge in [0, 0.05) is 28.0 Å². The Morgan fingerprint density at radius 1 is 1.08 bits per heavy atom. The summed E-state index contributed by atoms with van der Waals surface area (Å²) < 4.78 is 0.945. The van der Waals surface area contributed by atoms with Gasteiger partial charge in [-0.1, -0.05) is 39.7 Å². The van der Waals surface area contributed by atoms with Crippen LogP contribution in [0.2, 0.25) is 5.02 Å². The minimum atomic E-state index is -0.241. The Balaban J connectivity index is 1.66. The molecule has 0 saturated carbocycles. The molecule has 7 heteroatoms. The molecule has 5 nitrogen and oxygen atoms in total. The highest BCUT2D eigenvalue weighted by Crippen LogP contribution is 2.14. The summed E-state index contributed by atoms with van der Waals surface area (Å²) in [7, 11) is 0. The molecule has 25 heavy (non-hydrogen) atoms. The summed E-state index contributed by atoms with van der Waals surface area (Å²) in [5.41, 5.74) is 3.95. The molecule has 130 valence electrons. The number of hydrogen-bond donors (Lipinski definition) is 2. The number of anilines is 1. The van der Waals surface area contributed by atoms with Crippen molar-refractivity contribution in [3.63, 3.8) is 0 Å². The second kappa shape index (κ2) is 9.96. The van der Waals surface area contributed by atoms with Crippen LogP contribution in [0.25, 0.3) is 0 Å².